The molecule has 0 aliphatic carbocycles. The molecule has 7 heteroatoms. The zero-order valence-corrected chi connectivity index (χ0v) is 15.1. The molecule has 1 N–H and O–H groups in total. The number of hydrogen-bond donors (Lipinski definition) is 1. The molecule has 5 nitrogen and oxygen atoms in total. The molecule has 2 radical (unpaired) electrons. The Kier molecular flexibility index (Phi) is 5.08. The molecule has 0 spiro atoms. The van der Waals surface area contributed by atoms with Gasteiger partial charge in [-0.15, -0.1) is 0 Å². The molecule has 0 fully saturated rings. The summed E-state index contributed by atoms with van der Waals surface area (Å²) in [6.45, 7) is 0.667. The fourth-order valence-electron chi connectivity index (χ4n) is 1.95. The molecule has 1 aromatic carbocycles. The number of fused-ring (bicyclic) bond motifs is 1. The van der Waals surface area contributed by atoms with Gasteiger partial charge in [-0.05, 0) is 0 Å². The van der Waals surface area contributed by atoms with E-state index < -0.39 is 21.2 Å². The van der Waals surface area contributed by atoms with Crippen LogP contribution in [0.2, 0.25) is 5.28 Å². The first kappa shape index (κ1) is 15.5. The molecule has 22 heavy (non-hydrogen) atoms. The van der Waals surface area contributed by atoms with Crippen molar-refractivity contribution in [2.45, 2.75) is 5.28 Å². The molecule has 2 heterocycles. The SMILES string of the molecule is O=C(NC[CH2][Al])c1cccc([I-]c2cnc3cccnn23)c1. The van der Waals surface area contributed by atoms with Gasteiger partial charge >= 0.3 is 147 Å². The van der Waals surface area contributed by atoms with Crippen molar-refractivity contribution in [3.8, 4) is 0 Å². The third-order valence-electron chi connectivity index (χ3n) is 2.96. The van der Waals surface area contributed by atoms with E-state index >= 15 is 0 Å². The number of halogens is 1. The molecule has 0 unspecified atom stereocenters. The summed E-state index contributed by atoms with van der Waals surface area (Å²) >= 11 is 2.16. The predicted molar refractivity (Wildman–Crippen MR) is 79.7 cm³/mol. The van der Waals surface area contributed by atoms with Gasteiger partial charge in [-0.25, -0.2) is 0 Å². The van der Waals surface area contributed by atoms with Gasteiger partial charge in [-0.2, -0.15) is 0 Å². The topological polar surface area (TPSA) is 59.3 Å². The van der Waals surface area contributed by atoms with Crippen molar-refractivity contribution < 1.29 is 26.0 Å². The molecule has 3 rings (SSSR count). The van der Waals surface area contributed by atoms with Crippen LogP contribution in [0.3, 0.4) is 0 Å². The molecule has 0 atom stereocenters. The van der Waals surface area contributed by atoms with Crippen molar-refractivity contribution in [2.75, 3.05) is 6.54 Å². The van der Waals surface area contributed by atoms with Crippen LogP contribution >= 0.6 is 0 Å². The van der Waals surface area contributed by atoms with Crippen molar-refractivity contribution >= 4 is 27.8 Å². The molecule has 0 aliphatic heterocycles. The van der Waals surface area contributed by atoms with Crippen LogP contribution in [-0.2, 0) is 0 Å². The Labute approximate surface area is 146 Å². The minimum absolute atomic E-state index is 0.0235. The fraction of sp³-hybridized carbons (Fsp3) is 0.133. The monoisotopic (exact) mass is 419 g/mol. The van der Waals surface area contributed by atoms with Gasteiger partial charge in [0.25, 0.3) is 0 Å². The van der Waals surface area contributed by atoms with E-state index in [1.807, 2.05) is 41.0 Å². The first-order valence-electron chi connectivity index (χ1n) is 6.80. The number of imidazole rings is 1. The number of hydrogen-bond acceptors (Lipinski definition) is 3. The Bertz CT molecular complexity index is 805. The van der Waals surface area contributed by atoms with E-state index in [1.165, 1.54) is 3.57 Å². The Hall–Kier alpha value is -1.43. The predicted octanol–water partition coefficient (Wildman–Crippen LogP) is -1.83. The van der Waals surface area contributed by atoms with E-state index in [9.17, 15) is 4.79 Å². The summed E-state index contributed by atoms with van der Waals surface area (Å²) in [5.74, 6) is -0.0235. The third kappa shape index (κ3) is 3.48. The van der Waals surface area contributed by atoms with Crippen molar-refractivity contribution in [1.82, 2.24) is 19.9 Å². The molecule has 1 amide bonds. The van der Waals surface area contributed by atoms with E-state index in [-0.39, 0.29) is 5.91 Å². The normalized spacial score (nSPS) is 10.9. The number of benzene rings is 1. The average molecular weight is 419 g/mol. The molecule has 0 saturated heterocycles. The fourth-order valence-corrected chi connectivity index (χ4v) is 4.49. The van der Waals surface area contributed by atoms with Gasteiger partial charge in [0.2, 0.25) is 0 Å². The summed E-state index contributed by atoms with van der Waals surface area (Å²) in [6, 6.07) is 11.6. The van der Waals surface area contributed by atoms with Crippen LogP contribution in [0.4, 0.5) is 0 Å². The standard InChI is InChI=1S/C15H13IN4O.Al/c1-2-17-15(21)11-5-3-6-12(9-11)16-13-10-18-14-7-4-8-19-20(13)14;/h3-10H,1-2H2,(H,17,21);/q-1;. The average Bonchev–Trinajstić information content (AvgIpc) is 2.96. The van der Waals surface area contributed by atoms with Gasteiger partial charge in [-0.1, -0.05) is 0 Å². The number of nitrogens with zero attached hydrogens (tertiary/aromatic N) is 3. The van der Waals surface area contributed by atoms with Gasteiger partial charge < -0.3 is 0 Å². The van der Waals surface area contributed by atoms with E-state index in [4.69, 9.17) is 0 Å². The maximum atomic E-state index is 12.0. The molecule has 3 aromatic rings. The van der Waals surface area contributed by atoms with E-state index in [2.05, 4.69) is 37.8 Å². The third-order valence-corrected chi connectivity index (χ3v) is 5.83. The Morgan fingerprint density at radius 2 is 2.23 bits per heavy atom. The number of rotatable bonds is 5. The quantitative estimate of drug-likeness (QED) is 0.392. The van der Waals surface area contributed by atoms with Gasteiger partial charge in [0, 0.05) is 0 Å². The summed E-state index contributed by atoms with van der Waals surface area (Å²) in [5, 5.41) is 8.08. The maximum absolute atomic E-state index is 12.0. The van der Waals surface area contributed by atoms with Crippen molar-refractivity contribution in [1.29, 1.82) is 0 Å². The number of nitrogens with one attached hydrogen (secondary N) is 1. The van der Waals surface area contributed by atoms with E-state index in [0.717, 1.165) is 14.6 Å². The summed E-state index contributed by atoms with van der Waals surface area (Å²) in [7, 11) is 0. The molecule has 110 valence electrons. The van der Waals surface area contributed by atoms with Crippen LogP contribution in [0.25, 0.3) is 5.65 Å². The molecule has 2 aromatic heterocycles. The Balaban J connectivity index is 1.82. The van der Waals surface area contributed by atoms with Gasteiger partial charge in [0.15, 0.2) is 0 Å². The zero-order valence-electron chi connectivity index (χ0n) is 11.7. The molecular weight excluding hydrogens is 406 g/mol. The second-order valence-corrected chi connectivity index (χ2v) is 7.99. The van der Waals surface area contributed by atoms with Gasteiger partial charge in [0.05, 0.1) is 0 Å². The Morgan fingerprint density at radius 3 is 3.09 bits per heavy atom. The molecule has 0 aliphatic rings. The van der Waals surface area contributed by atoms with Crippen molar-refractivity contribution in [2.24, 2.45) is 0 Å². The first-order chi connectivity index (χ1) is 10.8. The summed E-state index contributed by atoms with van der Waals surface area (Å²) in [6.07, 6.45) is 3.63. The van der Waals surface area contributed by atoms with Crippen molar-refractivity contribution in [3.63, 3.8) is 0 Å². The number of amides is 1. The Morgan fingerprint density at radius 1 is 1.32 bits per heavy atom. The van der Waals surface area contributed by atoms with Crippen LogP contribution in [-0.4, -0.2) is 43.3 Å². The number of carbonyl (C=O) groups excluding carboxylic acids is 1. The summed E-state index contributed by atoms with van der Waals surface area (Å²) < 4.78 is 4.15. The molecular formula is C15H13AlIN4O-. The number of carbonyl (C=O) groups is 1. The van der Waals surface area contributed by atoms with Gasteiger partial charge in [-0.3, -0.25) is 0 Å². The van der Waals surface area contributed by atoms with E-state index in [1.54, 1.807) is 6.20 Å². The van der Waals surface area contributed by atoms with Crippen LogP contribution < -0.4 is 26.5 Å². The molecule has 0 saturated carbocycles. The molecule has 0 bridgehead atoms. The summed E-state index contributed by atoms with van der Waals surface area (Å²) in [5.41, 5.74) is 1.56. The van der Waals surface area contributed by atoms with Crippen LogP contribution in [0, 0.1) is 7.27 Å². The van der Waals surface area contributed by atoms with Crippen molar-refractivity contribution in [3.05, 3.63) is 61.6 Å². The minimum atomic E-state index is -0.438. The van der Waals surface area contributed by atoms with Crippen LogP contribution in [0.1, 0.15) is 10.4 Å². The van der Waals surface area contributed by atoms with Crippen LogP contribution in [0.15, 0.2) is 48.8 Å². The van der Waals surface area contributed by atoms with Crippen LogP contribution in [0.5, 0.6) is 0 Å². The summed E-state index contributed by atoms with van der Waals surface area (Å²) in [4.78, 5) is 16.4. The first-order valence-corrected chi connectivity index (χ1v) is 9.77. The zero-order chi connectivity index (χ0) is 15.4. The van der Waals surface area contributed by atoms with E-state index in [0.29, 0.717) is 12.1 Å². The second kappa shape index (κ2) is 7.22. The van der Waals surface area contributed by atoms with Gasteiger partial charge in [0.1, 0.15) is 0 Å². The second-order valence-electron chi connectivity index (χ2n) is 4.52. The number of aromatic nitrogens is 3.